The Hall–Kier alpha value is -1.16. The minimum atomic E-state index is -0.00708. The molecular weight excluding hydrogens is 178 g/mol. The molecular formula is C10H15N3O. The van der Waals surface area contributed by atoms with Crippen molar-refractivity contribution in [1.29, 1.82) is 0 Å². The van der Waals surface area contributed by atoms with Gasteiger partial charge in [0.05, 0.1) is 6.54 Å². The van der Waals surface area contributed by atoms with Gasteiger partial charge >= 0.3 is 0 Å². The molecule has 0 radical (unpaired) electrons. The predicted octanol–water partition coefficient (Wildman–Crippen LogP) is 0.886. The molecule has 14 heavy (non-hydrogen) atoms. The highest BCUT2D eigenvalue weighted by Crippen LogP contribution is 2.31. The molecule has 1 aliphatic rings. The number of rotatable bonds is 2. The minimum Gasteiger partial charge on any atom is -0.324 e. The summed E-state index contributed by atoms with van der Waals surface area (Å²) < 4.78 is 0. The molecule has 1 saturated carbocycles. The van der Waals surface area contributed by atoms with Crippen molar-refractivity contribution >= 4 is 0 Å². The third-order valence-electron chi connectivity index (χ3n) is 2.87. The lowest BCUT2D eigenvalue weighted by Crippen LogP contribution is -2.19. The monoisotopic (exact) mass is 193 g/mol. The maximum Gasteiger partial charge on any atom is 0.254 e. The Labute approximate surface area is 82.6 Å². The smallest absolute Gasteiger partial charge is 0.254 e. The standard InChI is InChI=1S/C10H15N3O/c11-5-9-12-6-8(10(14)13-9)7-3-1-2-4-7/h6-7H,1-5,11H2,(H,12,13,14). The van der Waals surface area contributed by atoms with E-state index in [1.807, 2.05) is 0 Å². The van der Waals surface area contributed by atoms with E-state index in [-0.39, 0.29) is 5.56 Å². The van der Waals surface area contributed by atoms with Crippen molar-refractivity contribution < 1.29 is 0 Å². The first-order valence-corrected chi connectivity index (χ1v) is 5.09. The molecule has 0 aromatic carbocycles. The first-order chi connectivity index (χ1) is 6.81. The van der Waals surface area contributed by atoms with Gasteiger partial charge in [0.2, 0.25) is 0 Å². The van der Waals surface area contributed by atoms with E-state index in [2.05, 4.69) is 9.97 Å². The van der Waals surface area contributed by atoms with E-state index in [9.17, 15) is 4.79 Å². The molecule has 4 nitrogen and oxygen atoms in total. The number of H-pyrrole nitrogens is 1. The van der Waals surface area contributed by atoms with Gasteiger partial charge in [-0.1, -0.05) is 12.8 Å². The van der Waals surface area contributed by atoms with Crippen LogP contribution in [0, 0.1) is 0 Å². The van der Waals surface area contributed by atoms with Crippen molar-refractivity contribution in [2.24, 2.45) is 5.73 Å². The summed E-state index contributed by atoms with van der Waals surface area (Å²) in [6.07, 6.45) is 6.38. The minimum absolute atomic E-state index is 0.00708. The van der Waals surface area contributed by atoms with Gasteiger partial charge in [-0.25, -0.2) is 4.98 Å². The Morgan fingerprint density at radius 2 is 2.21 bits per heavy atom. The first kappa shape index (κ1) is 9.40. The van der Waals surface area contributed by atoms with Crippen LogP contribution < -0.4 is 11.3 Å². The maximum absolute atomic E-state index is 11.6. The van der Waals surface area contributed by atoms with Gasteiger partial charge < -0.3 is 10.7 Å². The van der Waals surface area contributed by atoms with Gasteiger partial charge in [0, 0.05) is 11.8 Å². The number of nitrogens with two attached hydrogens (primary N) is 1. The Morgan fingerprint density at radius 3 is 2.79 bits per heavy atom. The van der Waals surface area contributed by atoms with E-state index >= 15 is 0 Å². The molecule has 0 atom stereocenters. The van der Waals surface area contributed by atoms with Crippen LogP contribution in [0.3, 0.4) is 0 Å². The lowest BCUT2D eigenvalue weighted by atomic mass is 10.0. The van der Waals surface area contributed by atoms with E-state index in [1.54, 1.807) is 6.20 Å². The molecule has 1 aliphatic carbocycles. The van der Waals surface area contributed by atoms with E-state index in [0.717, 1.165) is 18.4 Å². The van der Waals surface area contributed by atoms with E-state index in [1.165, 1.54) is 12.8 Å². The largest absolute Gasteiger partial charge is 0.324 e. The van der Waals surface area contributed by atoms with Crippen LogP contribution in [0.4, 0.5) is 0 Å². The average Bonchev–Trinajstić information content (AvgIpc) is 2.70. The second-order valence-corrected chi connectivity index (χ2v) is 3.80. The summed E-state index contributed by atoms with van der Waals surface area (Å²) >= 11 is 0. The zero-order chi connectivity index (χ0) is 9.97. The zero-order valence-corrected chi connectivity index (χ0v) is 8.12. The molecule has 2 rings (SSSR count). The van der Waals surface area contributed by atoms with Gasteiger partial charge in [0.1, 0.15) is 5.82 Å². The molecule has 1 aromatic heterocycles. The SMILES string of the molecule is NCc1ncc(C2CCCC2)c(=O)[nH]1. The van der Waals surface area contributed by atoms with Crippen molar-refractivity contribution in [1.82, 2.24) is 9.97 Å². The number of nitrogens with one attached hydrogen (secondary N) is 1. The van der Waals surface area contributed by atoms with Crippen molar-refractivity contribution in [2.45, 2.75) is 38.1 Å². The third kappa shape index (κ3) is 1.70. The molecule has 0 spiro atoms. The Balaban J connectivity index is 2.30. The van der Waals surface area contributed by atoms with Crippen molar-refractivity contribution in [3.63, 3.8) is 0 Å². The topological polar surface area (TPSA) is 71.8 Å². The molecule has 0 amide bonds. The van der Waals surface area contributed by atoms with Crippen molar-refractivity contribution in [3.8, 4) is 0 Å². The van der Waals surface area contributed by atoms with E-state index < -0.39 is 0 Å². The number of aromatic nitrogens is 2. The van der Waals surface area contributed by atoms with Gasteiger partial charge in [-0.05, 0) is 18.8 Å². The second kappa shape index (κ2) is 3.92. The van der Waals surface area contributed by atoms with Crippen LogP contribution >= 0.6 is 0 Å². The summed E-state index contributed by atoms with van der Waals surface area (Å²) in [7, 11) is 0. The fourth-order valence-electron chi connectivity index (χ4n) is 2.07. The number of hydrogen-bond donors (Lipinski definition) is 2. The van der Waals surface area contributed by atoms with Crippen LogP contribution in [-0.2, 0) is 6.54 Å². The fourth-order valence-corrected chi connectivity index (χ4v) is 2.07. The number of hydrogen-bond acceptors (Lipinski definition) is 3. The second-order valence-electron chi connectivity index (χ2n) is 3.80. The molecule has 76 valence electrons. The highest BCUT2D eigenvalue weighted by Gasteiger charge is 2.19. The quantitative estimate of drug-likeness (QED) is 0.732. The summed E-state index contributed by atoms with van der Waals surface area (Å²) in [5.74, 6) is 0.981. The number of aromatic amines is 1. The van der Waals surface area contributed by atoms with E-state index in [4.69, 9.17) is 5.73 Å². The van der Waals surface area contributed by atoms with Crippen LogP contribution in [0.25, 0.3) is 0 Å². The average molecular weight is 193 g/mol. The highest BCUT2D eigenvalue weighted by molar-refractivity contribution is 5.13. The van der Waals surface area contributed by atoms with Crippen LogP contribution in [-0.4, -0.2) is 9.97 Å². The molecule has 1 fully saturated rings. The molecule has 3 N–H and O–H groups in total. The van der Waals surface area contributed by atoms with Crippen molar-refractivity contribution in [2.75, 3.05) is 0 Å². The number of nitrogens with zero attached hydrogens (tertiary/aromatic N) is 1. The van der Waals surface area contributed by atoms with Gasteiger partial charge in [0.15, 0.2) is 0 Å². The predicted molar refractivity (Wildman–Crippen MR) is 54.0 cm³/mol. The van der Waals surface area contributed by atoms with E-state index in [0.29, 0.717) is 18.3 Å². The highest BCUT2D eigenvalue weighted by atomic mass is 16.1. The molecule has 1 aromatic rings. The van der Waals surface area contributed by atoms with Gasteiger partial charge in [0.25, 0.3) is 5.56 Å². The fraction of sp³-hybridized carbons (Fsp3) is 0.600. The summed E-state index contributed by atoms with van der Waals surface area (Å²) in [6.45, 7) is 0.292. The summed E-state index contributed by atoms with van der Waals surface area (Å²) in [6, 6.07) is 0. The molecule has 1 heterocycles. The molecule has 0 aliphatic heterocycles. The van der Waals surface area contributed by atoms with Gasteiger partial charge in [-0.15, -0.1) is 0 Å². The Morgan fingerprint density at radius 1 is 1.50 bits per heavy atom. The van der Waals surface area contributed by atoms with Crippen LogP contribution in [0.15, 0.2) is 11.0 Å². The first-order valence-electron chi connectivity index (χ1n) is 5.09. The molecule has 0 saturated heterocycles. The molecule has 0 bridgehead atoms. The molecule has 4 heteroatoms. The normalized spacial score (nSPS) is 17.5. The van der Waals surface area contributed by atoms with Gasteiger partial charge in [-0.2, -0.15) is 0 Å². The summed E-state index contributed by atoms with van der Waals surface area (Å²) in [5.41, 5.74) is 6.22. The Bertz CT molecular complexity index is 366. The third-order valence-corrected chi connectivity index (χ3v) is 2.87. The van der Waals surface area contributed by atoms with Crippen molar-refractivity contribution in [3.05, 3.63) is 27.9 Å². The zero-order valence-electron chi connectivity index (χ0n) is 8.12. The lowest BCUT2D eigenvalue weighted by molar-refractivity contribution is 0.698. The molecule has 0 unspecified atom stereocenters. The Kier molecular flexibility index (Phi) is 2.63. The lowest BCUT2D eigenvalue weighted by Gasteiger charge is -2.07. The summed E-state index contributed by atoms with van der Waals surface area (Å²) in [4.78, 5) is 18.5. The van der Waals surface area contributed by atoms with Crippen LogP contribution in [0.2, 0.25) is 0 Å². The van der Waals surface area contributed by atoms with Crippen LogP contribution in [0.5, 0.6) is 0 Å². The maximum atomic E-state index is 11.6. The summed E-state index contributed by atoms with van der Waals surface area (Å²) in [5, 5.41) is 0. The van der Waals surface area contributed by atoms with Gasteiger partial charge in [-0.3, -0.25) is 4.79 Å². The van der Waals surface area contributed by atoms with Crippen LogP contribution in [0.1, 0.15) is 43.0 Å².